The van der Waals surface area contributed by atoms with Gasteiger partial charge in [0.05, 0.1) is 13.2 Å². The Morgan fingerprint density at radius 2 is 2.00 bits per heavy atom. The van der Waals surface area contributed by atoms with E-state index in [0.717, 1.165) is 32.8 Å². The molecule has 0 atom stereocenters. The number of rotatable bonds is 3. The number of carbonyl (C=O) groups excluding carboxylic acids is 1. The zero-order valence-electron chi connectivity index (χ0n) is 12.8. The van der Waals surface area contributed by atoms with Gasteiger partial charge in [0.2, 0.25) is 0 Å². The van der Waals surface area contributed by atoms with Crippen LogP contribution in [0.2, 0.25) is 0 Å². The van der Waals surface area contributed by atoms with Crippen molar-refractivity contribution in [2.45, 2.75) is 38.2 Å². The summed E-state index contributed by atoms with van der Waals surface area (Å²) < 4.78 is 15.7. The van der Waals surface area contributed by atoms with Crippen LogP contribution in [0.3, 0.4) is 0 Å². The molecule has 0 spiro atoms. The number of ether oxygens (including phenoxy) is 2. The van der Waals surface area contributed by atoms with Crippen molar-refractivity contribution in [3.8, 4) is 11.5 Å². The summed E-state index contributed by atoms with van der Waals surface area (Å²) in [6.45, 7) is 0. The summed E-state index contributed by atoms with van der Waals surface area (Å²) in [6, 6.07) is 4.92. The van der Waals surface area contributed by atoms with Crippen molar-refractivity contribution in [3.05, 3.63) is 34.2 Å². The van der Waals surface area contributed by atoms with Gasteiger partial charge in [-0.1, -0.05) is 12.5 Å². The van der Waals surface area contributed by atoms with E-state index in [0.29, 0.717) is 5.75 Å². The summed E-state index contributed by atoms with van der Waals surface area (Å²) in [7, 11) is 1.13. The number of hydrogen-bond acceptors (Lipinski definition) is 6. The van der Waals surface area contributed by atoms with Crippen LogP contribution in [0.5, 0.6) is 11.5 Å². The first kappa shape index (κ1) is 15.4. The summed E-state index contributed by atoms with van der Waals surface area (Å²) in [5.74, 6) is -0.999. The van der Waals surface area contributed by atoms with Crippen molar-refractivity contribution in [3.63, 3.8) is 0 Å². The molecule has 3 rings (SSSR count). The van der Waals surface area contributed by atoms with Crippen LogP contribution in [-0.4, -0.2) is 24.3 Å². The Labute approximate surface area is 132 Å². The minimum Gasteiger partial charge on any atom is -0.506 e. The molecule has 122 valence electrons. The molecule has 1 aromatic carbocycles. The van der Waals surface area contributed by atoms with E-state index in [1.54, 1.807) is 18.2 Å². The normalized spacial score (nSPS) is 15.5. The Hall–Kier alpha value is -2.50. The topological polar surface area (TPSA) is 86.0 Å². The Morgan fingerprint density at radius 3 is 2.70 bits per heavy atom. The van der Waals surface area contributed by atoms with Gasteiger partial charge in [-0.15, -0.1) is 0 Å². The molecular weight excluding hydrogens is 300 g/mol. The van der Waals surface area contributed by atoms with Crippen LogP contribution >= 0.6 is 0 Å². The Bertz CT molecular complexity index is 786. The Balaban J connectivity index is 2.11. The zero-order chi connectivity index (χ0) is 16.4. The molecule has 0 saturated heterocycles. The Kier molecular flexibility index (Phi) is 4.23. The minimum atomic E-state index is -0.939. The molecule has 6 nitrogen and oxygen atoms in total. The highest BCUT2D eigenvalue weighted by molar-refractivity contribution is 6.00. The van der Waals surface area contributed by atoms with E-state index in [2.05, 4.69) is 4.74 Å². The number of fused-ring (bicyclic) bond motifs is 1. The fourth-order valence-corrected chi connectivity index (χ4v) is 2.94. The maximum Gasteiger partial charge on any atom is 0.354 e. The highest BCUT2D eigenvalue weighted by Crippen LogP contribution is 2.36. The largest absolute Gasteiger partial charge is 0.506 e. The lowest BCUT2D eigenvalue weighted by molar-refractivity contribution is 0.0592. The molecule has 2 aromatic rings. The lowest BCUT2D eigenvalue weighted by Gasteiger charge is -2.23. The van der Waals surface area contributed by atoms with Gasteiger partial charge in [-0.3, -0.25) is 0 Å². The van der Waals surface area contributed by atoms with Crippen LogP contribution in [0.15, 0.2) is 27.4 Å². The molecule has 0 bridgehead atoms. The molecule has 23 heavy (non-hydrogen) atoms. The number of aromatic hydroxyl groups is 1. The second-order valence-electron chi connectivity index (χ2n) is 5.61. The highest BCUT2D eigenvalue weighted by atomic mass is 16.5. The maximum absolute atomic E-state index is 11.9. The van der Waals surface area contributed by atoms with Crippen molar-refractivity contribution in [2.75, 3.05) is 7.11 Å². The van der Waals surface area contributed by atoms with Gasteiger partial charge in [0, 0.05) is 0 Å². The third-order valence-electron chi connectivity index (χ3n) is 4.10. The number of benzene rings is 1. The summed E-state index contributed by atoms with van der Waals surface area (Å²) in [5.41, 5.74) is -1.27. The third kappa shape index (κ3) is 2.88. The number of carbonyl (C=O) groups is 1. The second kappa shape index (κ2) is 6.32. The van der Waals surface area contributed by atoms with Crippen molar-refractivity contribution < 1.29 is 23.8 Å². The van der Waals surface area contributed by atoms with Crippen LogP contribution in [0.4, 0.5) is 0 Å². The molecule has 1 fully saturated rings. The van der Waals surface area contributed by atoms with Gasteiger partial charge in [-0.25, -0.2) is 9.59 Å². The van der Waals surface area contributed by atoms with E-state index in [9.17, 15) is 14.7 Å². The third-order valence-corrected chi connectivity index (χ3v) is 4.10. The minimum absolute atomic E-state index is 0.0576. The van der Waals surface area contributed by atoms with Crippen LogP contribution in [0.1, 0.15) is 42.5 Å². The average molecular weight is 318 g/mol. The summed E-state index contributed by atoms with van der Waals surface area (Å²) in [5, 5.41) is 10.6. The van der Waals surface area contributed by atoms with Crippen molar-refractivity contribution in [1.82, 2.24) is 0 Å². The highest BCUT2D eigenvalue weighted by Gasteiger charge is 2.25. The summed E-state index contributed by atoms with van der Waals surface area (Å²) in [6.07, 6.45) is 5.34. The first-order chi connectivity index (χ1) is 11.1. The van der Waals surface area contributed by atoms with Crippen molar-refractivity contribution >= 4 is 16.9 Å². The first-order valence-electron chi connectivity index (χ1n) is 7.65. The molecule has 6 heteroatoms. The van der Waals surface area contributed by atoms with Gasteiger partial charge < -0.3 is 19.0 Å². The van der Waals surface area contributed by atoms with Crippen LogP contribution in [0, 0.1) is 0 Å². The zero-order valence-corrected chi connectivity index (χ0v) is 12.8. The average Bonchev–Trinajstić information content (AvgIpc) is 2.55. The van der Waals surface area contributed by atoms with Gasteiger partial charge in [0.1, 0.15) is 16.7 Å². The first-order valence-corrected chi connectivity index (χ1v) is 7.65. The molecule has 1 aromatic heterocycles. The van der Waals surface area contributed by atoms with Crippen molar-refractivity contribution in [2.24, 2.45) is 0 Å². The smallest absolute Gasteiger partial charge is 0.354 e. The van der Waals surface area contributed by atoms with Crippen LogP contribution in [0.25, 0.3) is 11.0 Å². The molecule has 1 aliphatic carbocycles. The second-order valence-corrected chi connectivity index (χ2v) is 5.61. The maximum atomic E-state index is 11.9. The van der Waals surface area contributed by atoms with E-state index < -0.39 is 22.9 Å². The van der Waals surface area contributed by atoms with Gasteiger partial charge in [0.25, 0.3) is 0 Å². The molecule has 1 saturated carbocycles. The van der Waals surface area contributed by atoms with Gasteiger partial charge >= 0.3 is 11.6 Å². The molecule has 0 unspecified atom stereocenters. The monoisotopic (exact) mass is 318 g/mol. The van der Waals surface area contributed by atoms with Gasteiger partial charge in [-0.2, -0.15) is 0 Å². The molecular formula is C17H18O6. The van der Waals surface area contributed by atoms with Crippen molar-refractivity contribution in [1.29, 1.82) is 0 Å². The molecule has 1 N–H and O–H groups in total. The predicted octanol–water partition coefficient (Wildman–Crippen LogP) is 3.00. The molecule has 1 heterocycles. The number of methoxy groups -OCH3 is 1. The SMILES string of the molecule is COC(=O)c1c(O)c2c(OC3CCCCC3)cccc2oc1=O. The van der Waals surface area contributed by atoms with Gasteiger partial charge in [0.15, 0.2) is 11.3 Å². The number of esters is 1. The van der Waals surface area contributed by atoms with E-state index in [1.165, 1.54) is 6.42 Å². The van der Waals surface area contributed by atoms with E-state index in [1.807, 2.05) is 0 Å². The van der Waals surface area contributed by atoms with Crippen LogP contribution in [-0.2, 0) is 4.74 Å². The summed E-state index contributed by atoms with van der Waals surface area (Å²) >= 11 is 0. The fourth-order valence-electron chi connectivity index (χ4n) is 2.94. The number of hydrogen-bond donors (Lipinski definition) is 1. The van der Waals surface area contributed by atoms with Gasteiger partial charge in [-0.05, 0) is 37.8 Å². The molecule has 0 amide bonds. The van der Waals surface area contributed by atoms with E-state index in [4.69, 9.17) is 9.15 Å². The Morgan fingerprint density at radius 1 is 1.26 bits per heavy atom. The predicted molar refractivity (Wildman–Crippen MR) is 83.0 cm³/mol. The molecule has 0 aliphatic heterocycles. The summed E-state index contributed by atoms with van der Waals surface area (Å²) in [4.78, 5) is 23.6. The van der Waals surface area contributed by atoms with E-state index in [-0.39, 0.29) is 17.1 Å². The lowest BCUT2D eigenvalue weighted by atomic mass is 9.97. The fraction of sp³-hybridized carbons (Fsp3) is 0.412. The lowest BCUT2D eigenvalue weighted by Crippen LogP contribution is -2.20. The van der Waals surface area contributed by atoms with E-state index >= 15 is 0 Å². The quantitative estimate of drug-likeness (QED) is 0.691. The standard InChI is InChI=1S/C17H18O6/c1-21-16(19)14-15(18)13-11(22-10-6-3-2-4-7-10)8-5-9-12(13)23-17(14)20/h5,8-10,18H,2-4,6-7H2,1H3. The van der Waals surface area contributed by atoms with Crippen LogP contribution < -0.4 is 10.4 Å². The molecule has 1 aliphatic rings. The molecule has 0 radical (unpaired) electrons.